The zero-order valence-corrected chi connectivity index (χ0v) is 13.7. The molecular formula is C17H24N2S. The minimum Gasteiger partial charge on any atom is -0.319 e. The molecule has 1 atom stereocenters. The lowest BCUT2D eigenvalue weighted by Gasteiger charge is -2.32. The van der Waals surface area contributed by atoms with Gasteiger partial charge in [0.1, 0.15) is 0 Å². The van der Waals surface area contributed by atoms with E-state index < -0.39 is 0 Å². The van der Waals surface area contributed by atoms with E-state index in [1.165, 1.54) is 21.1 Å². The Hall–Kier alpha value is -1.19. The molecule has 0 saturated carbocycles. The van der Waals surface area contributed by atoms with Crippen LogP contribution in [0.15, 0.2) is 30.3 Å². The van der Waals surface area contributed by atoms with E-state index in [0.29, 0.717) is 0 Å². The SMILES string of the molecule is CCC(CNC)(Cc1nc(C)c(C)s1)c1ccccc1. The van der Waals surface area contributed by atoms with Crippen LogP contribution >= 0.6 is 11.3 Å². The van der Waals surface area contributed by atoms with E-state index in [1.807, 2.05) is 18.4 Å². The van der Waals surface area contributed by atoms with Gasteiger partial charge < -0.3 is 5.32 Å². The van der Waals surface area contributed by atoms with Crippen molar-refractivity contribution in [2.45, 2.75) is 39.0 Å². The van der Waals surface area contributed by atoms with Gasteiger partial charge in [0.05, 0.1) is 10.7 Å². The summed E-state index contributed by atoms with van der Waals surface area (Å²) in [6.45, 7) is 7.51. The molecule has 0 aliphatic carbocycles. The summed E-state index contributed by atoms with van der Waals surface area (Å²) in [6, 6.07) is 10.8. The van der Waals surface area contributed by atoms with Crippen LogP contribution < -0.4 is 5.32 Å². The summed E-state index contributed by atoms with van der Waals surface area (Å²) >= 11 is 1.84. The van der Waals surface area contributed by atoms with E-state index in [4.69, 9.17) is 4.98 Å². The van der Waals surface area contributed by atoms with Gasteiger partial charge >= 0.3 is 0 Å². The molecule has 2 rings (SSSR count). The summed E-state index contributed by atoms with van der Waals surface area (Å²) in [5, 5.41) is 4.63. The summed E-state index contributed by atoms with van der Waals surface area (Å²) in [7, 11) is 2.03. The Kier molecular flexibility index (Phi) is 4.95. The fraction of sp³-hybridized carbons (Fsp3) is 0.471. The van der Waals surface area contributed by atoms with Gasteiger partial charge in [0.15, 0.2) is 0 Å². The largest absolute Gasteiger partial charge is 0.319 e. The molecule has 2 aromatic rings. The number of rotatable bonds is 6. The van der Waals surface area contributed by atoms with E-state index in [9.17, 15) is 0 Å². The number of thiazole rings is 1. The van der Waals surface area contributed by atoms with E-state index in [0.717, 1.165) is 19.4 Å². The zero-order chi connectivity index (χ0) is 14.6. The van der Waals surface area contributed by atoms with Crippen molar-refractivity contribution in [1.82, 2.24) is 10.3 Å². The van der Waals surface area contributed by atoms with Crippen LogP contribution in [0.25, 0.3) is 0 Å². The van der Waals surface area contributed by atoms with Crippen molar-refractivity contribution in [2.24, 2.45) is 0 Å². The molecule has 2 nitrogen and oxygen atoms in total. The summed E-state index contributed by atoms with van der Waals surface area (Å²) in [5.41, 5.74) is 2.71. The predicted molar refractivity (Wildman–Crippen MR) is 87.6 cm³/mol. The van der Waals surface area contributed by atoms with Gasteiger partial charge in [-0.15, -0.1) is 11.3 Å². The first-order chi connectivity index (χ1) is 9.61. The number of hydrogen-bond acceptors (Lipinski definition) is 3. The Labute approximate surface area is 126 Å². The molecule has 0 aliphatic heterocycles. The van der Waals surface area contributed by atoms with Gasteiger partial charge in [-0.25, -0.2) is 4.98 Å². The molecule has 1 aromatic carbocycles. The first-order valence-electron chi connectivity index (χ1n) is 7.24. The van der Waals surface area contributed by atoms with Crippen molar-refractivity contribution < 1.29 is 0 Å². The summed E-state index contributed by atoms with van der Waals surface area (Å²) < 4.78 is 0. The van der Waals surface area contributed by atoms with Crippen LogP contribution in [-0.4, -0.2) is 18.6 Å². The molecule has 0 fully saturated rings. The molecule has 0 bridgehead atoms. The van der Waals surface area contributed by atoms with E-state index in [-0.39, 0.29) is 5.41 Å². The zero-order valence-electron chi connectivity index (χ0n) is 12.9. The van der Waals surface area contributed by atoms with Crippen molar-refractivity contribution in [3.8, 4) is 0 Å². The molecule has 108 valence electrons. The lowest BCUT2D eigenvalue weighted by molar-refractivity contribution is 0.390. The first-order valence-corrected chi connectivity index (χ1v) is 8.06. The Morgan fingerprint density at radius 3 is 2.40 bits per heavy atom. The van der Waals surface area contributed by atoms with Crippen LogP contribution in [0.2, 0.25) is 0 Å². The monoisotopic (exact) mass is 288 g/mol. The molecule has 20 heavy (non-hydrogen) atoms. The van der Waals surface area contributed by atoms with Crippen molar-refractivity contribution in [3.05, 3.63) is 51.5 Å². The topological polar surface area (TPSA) is 24.9 Å². The Morgan fingerprint density at radius 1 is 1.20 bits per heavy atom. The van der Waals surface area contributed by atoms with Gasteiger partial charge in [-0.3, -0.25) is 0 Å². The minimum absolute atomic E-state index is 0.132. The number of benzene rings is 1. The first kappa shape index (κ1) is 15.2. The van der Waals surface area contributed by atoms with Crippen molar-refractivity contribution in [1.29, 1.82) is 0 Å². The second-order valence-corrected chi connectivity index (χ2v) is 6.74. The van der Waals surface area contributed by atoms with Gasteiger partial charge in [0, 0.05) is 23.3 Å². The fourth-order valence-electron chi connectivity index (χ4n) is 2.76. The molecule has 1 aromatic heterocycles. The lowest BCUT2D eigenvalue weighted by atomic mass is 9.75. The third kappa shape index (κ3) is 3.10. The number of hydrogen-bond donors (Lipinski definition) is 1. The highest BCUT2D eigenvalue weighted by atomic mass is 32.1. The van der Waals surface area contributed by atoms with Crippen LogP contribution in [0.1, 0.15) is 34.5 Å². The Balaban J connectivity index is 2.36. The Bertz CT molecular complexity index is 528. The molecule has 0 spiro atoms. The number of aromatic nitrogens is 1. The maximum Gasteiger partial charge on any atom is 0.0940 e. The molecule has 1 unspecified atom stereocenters. The Morgan fingerprint density at radius 2 is 1.90 bits per heavy atom. The van der Waals surface area contributed by atoms with Gasteiger partial charge in [-0.1, -0.05) is 37.3 Å². The molecule has 0 amide bonds. The highest BCUT2D eigenvalue weighted by Gasteiger charge is 2.31. The summed E-state index contributed by atoms with van der Waals surface area (Å²) in [6.07, 6.45) is 2.11. The highest BCUT2D eigenvalue weighted by molar-refractivity contribution is 7.11. The number of likely N-dealkylation sites (N-methyl/N-ethyl adjacent to an activating group) is 1. The second kappa shape index (κ2) is 6.51. The standard InChI is InChI=1S/C17H24N2S/c1-5-17(12-18-4,15-9-7-6-8-10-15)11-16-19-13(2)14(3)20-16/h6-10,18H,5,11-12H2,1-4H3. The van der Waals surface area contributed by atoms with E-state index in [1.54, 1.807) is 0 Å². The van der Waals surface area contributed by atoms with Gasteiger partial charge in [0.25, 0.3) is 0 Å². The van der Waals surface area contributed by atoms with Crippen LogP contribution in [0.4, 0.5) is 0 Å². The van der Waals surface area contributed by atoms with Gasteiger partial charge in [0.2, 0.25) is 0 Å². The summed E-state index contributed by atoms with van der Waals surface area (Å²) in [4.78, 5) is 6.08. The van der Waals surface area contributed by atoms with Crippen molar-refractivity contribution in [3.63, 3.8) is 0 Å². The predicted octanol–water partition coefficient (Wildman–Crippen LogP) is 3.87. The maximum atomic E-state index is 4.74. The lowest BCUT2D eigenvalue weighted by Crippen LogP contribution is -2.38. The third-order valence-corrected chi connectivity index (χ3v) is 5.21. The van der Waals surface area contributed by atoms with E-state index >= 15 is 0 Å². The quantitative estimate of drug-likeness (QED) is 0.873. The molecule has 3 heteroatoms. The van der Waals surface area contributed by atoms with Crippen LogP contribution in [0.3, 0.4) is 0 Å². The van der Waals surface area contributed by atoms with Gasteiger partial charge in [-0.05, 0) is 32.9 Å². The van der Waals surface area contributed by atoms with Gasteiger partial charge in [-0.2, -0.15) is 0 Å². The normalized spacial score (nSPS) is 14.2. The third-order valence-electron chi connectivity index (χ3n) is 4.14. The summed E-state index contributed by atoms with van der Waals surface area (Å²) in [5.74, 6) is 0. The molecule has 0 radical (unpaired) electrons. The molecule has 0 aliphatic rings. The van der Waals surface area contributed by atoms with Crippen LogP contribution in [0, 0.1) is 13.8 Å². The number of nitrogens with zero attached hydrogens (tertiary/aromatic N) is 1. The smallest absolute Gasteiger partial charge is 0.0940 e. The average molecular weight is 288 g/mol. The molecular weight excluding hydrogens is 264 g/mol. The highest BCUT2D eigenvalue weighted by Crippen LogP contribution is 2.33. The van der Waals surface area contributed by atoms with E-state index in [2.05, 4.69) is 56.4 Å². The number of aryl methyl sites for hydroxylation is 2. The molecule has 1 heterocycles. The average Bonchev–Trinajstić information content (AvgIpc) is 2.77. The minimum atomic E-state index is 0.132. The molecule has 0 saturated heterocycles. The second-order valence-electron chi connectivity index (χ2n) is 5.46. The van der Waals surface area contributed by atoms with Crippen molar-refractivity contribution in [2.75, 3.05) is 13.6 Å². The fourth-order valence-corrected chi connectivity index (χ4v) is 3.83. The van der Waals surface area contributed by atoms with Crippen LogP contribution in [0.5, 0.6) is 0 Å². The maximum absolute atomic E-state index is 4.74. The van der Waals surface area contributed by atoms with Crippen molar-refractivity contribution >= 4 is 11.3 Å². The molecule has 1 N–H and O–H groups in total. The van der Waals surface area contributed by atoms with Crippen LogP contribution in [-0.2, 0) is 11.8 Å². The number of nitrogens with one attached hydrogen (secondary N) is 1.